The van der Waals surface area contributed by atoms with Crippen LogP contribution in [0.1, 0.15) is 69.2 Å². The number of benzene rings is 4. The minimum Gasteiger partial charge on any atom is -0.344 e. The van der Waals surface area contributed by atoms with E-state index in [4.69, 9.17) is 20.0 Å². The van der Waals surface area contributed by atoms with Gasteiger partial charge in [-0.1, -0.05) is 97.1 Å². The van der Waals surface area contributed by atoms with Crippen molar-refractivity contribution in [2.75, 3.05) is 0 Å². The molecule has 4 N–H and O–H groups in total. The van der Waals surface area contributed by atoms with Gasteiger partial charge in [-0.2, -0.15) is 0 Å². The Hall–Kier alpha value is -4.72. The fourth-order valence-corrected chi connectivity index (χ4v) is 6.30. The molecule has 0 fully saturated rings. The first-order valence-electron chi connectivity index (χ1n) is 13.5. The molecule has 0 amide bonds. The van der Waals surface area contributed by atoms with E-state index in [1.54, 1.807) is 0 Å². The summed E-state index contributed by atoms with van der Waals surface area (Å²) in [6.07, 6.45) is -1.10. The summed E-state index contributed by atoms with van der Waals surface area (Å²) >= 11 is 0. The zero-order chi connectivity index (χ0) is 26.2. The molecule has 0 saturated heterocycles. The molecule has 0 spiro atoms. The van der Waals surface area contributed by atoms with Crippen molar-refractivity contribution in [1.29, 1.82) is 0 Å². The van der Waals surface area contributed by atoms with Crippen molar-refractivity contribution in [1.82, 2.24) is 21.3 Å². The zero-order valence-corrected chi connectivity index (χ0v) is 22.6. The Balaban J connectivity index is 0.00000256. The number of amidine groups is 4. The monoisotopic (exact) mass is 583 g/mol. The molecular weight excluding hydrogens is 560 g/mol. The minimum atomic E-state index is -0.274. The summed E-state index contributed by atoms with van der Waals surface area (Å²) in [5.74, 6) is 3.27. The van der Waals surface area contributed by atoms with Gasteiger partial charge in [0.25, 0.3) is 0 Å². The molecule has 9 rings (SSSR count). The van der Waals surface area contributed by atoms with E-state index in [1.165, 1.54) is 0 Å². The molecule has 1 radical (unpaired) electrons. The van der Waals surface area contributed by atoms with Gasteiger partial charge in [-0.3, -0.25) is 0 Å². The average molecular weight is 584 g/mol. The van der Waals surface area contributed by atoms with Crippen LogP contribution in [0.2, 0.25) is 0 Å². The fourth-order valence-electron chi connectivity index (χ4n) is 6.30. The van der Waals surface area contributed by atoms with E-state index in [1.807, 2.05) is 0 Å². The molecule has 9 heteroatoms. The Morgan fingerprint density at radius 2 is 0.561 bits per heavy atom. The van der Waals surface area contributed by atoms with Crippen LogP contribution >= 0.6 is 0 Å². The van der Waals surface area contributed by atoms with Crippen molar-refractivity contribution >= 4 is 23.3 Å². The SMILES string of the molecule is [Cu].c1ccc2c(c1)C1=NC2NC2=NC(NC3=NC(NC4=NC(N1)c1ccccc14)c1ccccc13)c1ccccc12. The first kappa shape index (κ1) is 24.1. The van der Waals surface area contributed by atoms with Crippen LogP contribution in [0, 0.1) is 0 Å². The fraction of sp³-hybridized carbons (Fsp3) is 0.125. The van der Waals surface area contributed by atoms with Gasteiger partial charge >= 0.3 is 0 Å². The first-order valence-corrected chi connectivity index (χ1v) is 13.5. The molecule has 4 unspecified atom stereocenters. The molecule has 5 heterocycles. The second-order valence-corrected chi connectivity index (χ2v) is 10.4. The zero-order valence-electron chi connectivity index (χ0n) is 21.6. The predicted molar refractivity (Wildman–Crippen MR) is 155 cm³/mol. The molecule has 8 bridgehead atoms. The third kappa shape index (κ3) is 3.66. The topological polar surface area (TPSA) is 97.6 Å². The maximum absolute atomic E-state index is 5.12. The molecule has 0 saturated carbocycles. The van der Waals surface area contributed by atoms with E-state index in [-0.39, 0.29) is 41.7 Å². The molecule has 5 aliphatic heterocycles. The number of hydrogen-bond acceptors (Lipinski definition) is 8. The van der Waals surface area contributed by atoms with Crippen molar-refractivity contribution in [3.8, 4) is 0 Å². The van der Waals surface area contributed by atoms with Crippen molar-refractivity contribution in [2.24, 2.45) is 20.0 Å². The minimum absolute atomic E-state index is 0. The normalized spacial score (nSPS) is 23.8. The second-order valence-electron chi connectivity index (χ2n) is 10.4. The largest absolute Gasteiger partial charge is 0.344 e. The van der Waals surface area contributed by atoms with Crippen molar-refractivity contribution in [3.63, 3.8) is 0 Å². The third-order valence-electron chi connectivity index (χ3n) is 8.17. The van der Waals surface area contributed by atoms with Gasteiger partial charge < -0.3 is 21.3 Å². The maximum atomic E-state index is 5.12. The summed E-state index contributed by atoms with van der Waals surface area (Å²) in [4.78, 5) is 20.5. The van der Waals surface area contributed by atoms with Gasteiger partial charge in [-0.25, -0.2) is 20.0 Å². The predicted octanol–water partition coefficient (Wildman–Crippen LogP) is 4.19. The van der Waals surface area contributed by atoms with E-state index >= 15 is 0 Å². The molecular formula is C32H24CuN8. The van der Waals surface area contributed by atoms with Crippen LogP contribution in [0.3, 0.4) is 0 Å². The number of rotatable bonds is 0. The maximum Gasteiger partial charge on any atom is 0.148 e. The summed E-state index contributed by atoms with van der Waals surface area (Å²) in [5.41, 5.74) is 8.71. The van der Waals surface area contributed by atoms with Crippen molar-refractivity contribution in [3.05, 3.63) is 142 Å². The number of fused-ring (bicyclic) bond motifs is 16. The van der Waals surface area contributed by atoms with Crippen molar-refractivity contribution < 1.29 is 17.1 Å². The Morgan fingerprint density at radius 1 is 0.341 bits per heavy atom. The van der Waals surface area contributed by atoms with Crippen molar-refractivity contribution in [2.45, 2.75) is 24.7 Å². The summed E-state index contributed by atoms with van der Waals surface area (Å²) in [6, 6.07) is 33.4. The summed E-state index contributed by atoms with van der Waals surface area (Å²) in [6.45, 7) is 0. The number of nitrogens with one attached hydrogen (secondary N) is 4. The van der Waals surface area contributed by atoms with Gasteiger partial charge in [0.05, 0.1) is 0 Å². The first-order chi connectivity index (χ1) is 19.8. The summed E-state index contributed by atoms with van der Waals surface area (Å²) in [7, 11) is 0. The van der Waals surface area contributed by atoms with Crippen LogP contribution in [0.25, 0.3) is 0 Å². The van der Waals surface area contributed by atoms with Crippen LogP contribution in [0.4, 0.5) is 0 Å². The third-order valence-corrected chi connectivity index (χ3v) is 8.17. The second kappa shape index (κ2) is 9.16. The van der Waals surface area contributed by atoms with E-state index in [0.29, 0.717) is 0 Å². The number of aliphatic imine (C=N–C) groups is 4. The summed E-state index contributed by atoms with van der Waals surface area (Å²) in [5, 5.41) is 14.6. The molecule has 203 valence electrons. The standard InChI is InChI=1S/C32H24N8.Cu/c1-2-10-18-17(9-1)25-33-26(18)38-28-21-13-5-6-14-22(21)30(35-28)40-32-24-16-8-7-15-23(24)31(36-32)39-29-20-12-4-3-11-19(20)27(34-29)37-25;/h1-16,25,28-29,32H,(H,33,38)(H,34,37)(H,35,40)(H,36,39);. The number of hydrogen-bond donors (Lipinski definition) is 4. The van der Waals surface area contributed by atoms with Gasteiger partial charge in [0.1, 0.15) is 48.0 Å². The van der Waals surface area contributed by atoms with Gasteiger partial charge in [-0.05, 0) is 0 Å². The van der Waals surface area contributed by atoms with E-state index < -0.39 is 0 Å². The quantitative estimate of drug-likeness (QED) is 0.233. The molecule has 5 aliphatic rings. The molecule has 4 aromatic carbocycles. The van der Waals surface area contributed by atoms with Crippen LogP contribution in [-0.4, -0.2) is 23.3 Å². The van der Waals surface area contributed by atoms with Gasteiger partial charge in [-0.15, -0.1) is 0 Å². The van der Waals surface area contributed by atoms with Crippen LogP contribution in [0.5, 0.6) is 0 Å². The van der Waals surface area contributed by atoms with Gasteiger partial charge in [0, 0.05) is 61.6 Å². The average Bonchev–Trinajstić information content (AvgIpc) is 3.73. The summed E-state index contributed by atoms with van der Waals surface area (Å²) < 4.78 is 0. The molecule has 41 heavy (non-hydrogen) atoms. The molecule has 8 nitrogen and oxygen atoms in total. The van der Waals surface area contributed by atoms with Gasteiger partial charge in [0.2, 0.25) is 0 Å². The molecule has 0 aliphatic carbocycles. The molecule has 0 aromatic heterocycles. The Bertz CT molecular complexity index is 1590. The number of nitrogens with zero attached hydrogens (tertiary/aromatic N) is 4. The Kier molecular flexibility index (Phi) is 5.38. The smallest absolute Gasteiger partial charge is 0.148 e. The van der Waals surface area contributed by atoms with Crippen LogP contribution < -0.4 is 21.3 Å². The van der Waals surface area contributed by atoms with E-state index in [9.17, 15) is 0 Å². The molecule has 4 aromatic rings. The Labute approximate surface area is 247 Å². The van der Waals surface area contributed by atoms with Crippen LogP contribution in [-0.2, 0) is 17.1 Å². The van der Waals surface area contributed by atoms with E-state index in [2.05, 4.69) is 118 Å². The van der Waals surface area contributed by atoms with Crippen LogP contribution in [0.15, 0.2) is 117 Å². The molecule has 4 atom stereocenters. The van der Waals surface area contributed by atoms with Gasteiger partial charge in [0.15, 0.2) is 0 Å². The van der Waals surface area contributed by atoms with E-state index in [0.717, 1.165) is 67.9 Å². The Morgan fingerprint density at radius 3 is 0.805 bits per heavy atom.